The Hall–Kier alpha value is -2.90. The lowest BCUT2D eigenvalue weighted by atomic mass is 10.1. The zero-order valence-corrected chi connectivity index (χ0v) is 13.2. The Morgan fingerprint density at radius 3 is 2.54 bits per heavy atom. The van der Waals surface area contributed by atoms with Crippen LogP contribution in [0.5, 0.6) is 0 Å². The molecule has 0 radical (unpaired) electrons. The van der Waals surface area contributed by atoms with Crippen molar-refractivity contribution in [2.75, 3.05) is 0 Å². The highest BCUT2D eigenvalue weighted by molar-refractivity contribution is 5.83. The van der Waals surface area contributed by atoms with Gasteiger partial charge in [0.25, 0.3) is 11.1 Å². The maximum atomic E-state index is 12.3. The molecular weight excluding hydrogens is 314 g/mol. The van der Waals surface area contributed by atoms with E-state index in [1.165, 1.54) is 0 Å². The number of nitrogens with zero attached hydrogens (tertiary/aromatic N) is 1. The number of amides is 1. The standard InChI is InChI=1S/C16H19N3O5/c1-2-5-12(16(23)24)17-13(20)8-9-19-15(22)11-7-4-3-6-10(11)14(21)18-19/h3-4,6-7,12H,2,5,8-9H2,1H3,(H,17,20)(H,18,21)(H,23,24). The minimum atomic E-state index is -1.10. The van der Waals surface area contributed by atoms with Gasteiger partial charge in [0.05, 0.1) is 17.3 Å². The zero-order valence-electron chi connectivity index (χ0n) is 13.2. The summed E-state index contributed by atoms with van der Waals surface area (Å²) in [5, 5.41) is 14.4. The second kappa shape index (κ2) is 7.58. The van der Waals surface area contributed by atoms with Crippen LogP contribution in [0.2, 0.25) is 0 Å². The lowest BCUT2D eigenvalue weighted by Crippen LogP contribution is -2.41. The van der Waals surface area contributed by atoms with Crippen LogP contribution in [-0.4, -0.2) is 32.8 Å². The summed E-state index contributed by atoms with van der Waals surface area (Å²) in [5.74, 6) is -1.58. The van der Waals surface area contributed by atoms with Gasteiger partial charge in [0.15, 0.2) is 0 Å². The van der Waals surface area contributed by atoms with Crippen LogP contribution in [-0.2, 0) is 16.1 Å². The molecule has 1 aromatic heterocycles. The molecule has 128 valence electrons. The molecule has 24 heavy (non-hydrogen) atoms. The van der Waals surface area contributed by atoms with Gasteiger partial charge in [-0.15, -0.1) is 0 Å². The molecule has 2 aromatic rings. The number of carboxylic acid groups (broad SMARTS) is 1. The van der Waals surface area contributed by atoms with E-state index in [-0.39, 0.29) is 23.7 Å². The second-order valence-corrected chi connectivity index (χ2v) is 5.44. The number of aryl methyl sites for hydroxylation is 1. The Morgan fingerprint density at radius 2 is 1.92 bits per heavy atom. The van der Waals surface area contributed by atoms with Crippen molar-refractivity contribution < 1.29 is 14.7 Å². The molecule has 1 atom stereocenters. The maximum Gasteiger partial charge on any atom is 0.326 e. The van der Waals surface area contributed by atoms with Crippen molar-refractivity contribution in [2.45, 2.75) is 38.8 Å². The molecular formula is C16H19N3O5. The molecule has 0 spiro atoms. The monoisotopic (exact) mass is 333 g/mol. The first kappa shape index (κ1) is 17.5. The fourth-order valence-electron chi connectivity index (χ4n) is 2.43. The fraction of sp³-hybridized carbons (Fsp3) is 0.375. The van der Waals surface area contributed by atoms with Crippen molar-refractivity contribution in [3.8, 4) is 0 Å². The van der Waals surface area contributed by atoms with Gasteiger partial charge in [-0.05, 0) is 18.6 Å². The number of aliphatic carboxylic acids is 1. The predicted octanol–water partition coefficient (Wildman–Crippen LogP) is 0.449. The quantitative estimate of drug-likeness (QED) is 0.679. The molecule has 2 rings (SSSR count). The van der Waals surface area contributed by atoms with Crippen LogP contribution in [0.25, 0.3) is 10.8 Å². The SMILES string of the molecule is CCCC(NC(=O)CCn1[nH]c(=O)c2ccccc2c1=O)C(=O)O. The second-order valence-electron chi connectivity index (χ2n) is 5.44. The highest BCUT2D eigenvalue weighted by atomic mass is 16.4. The van der Waals surface area contributed by atoms with Crippen molar-refractivity contribution in [3.63, 3.8) is 0 Å². The smallest absolute Gasteiger partial charge is 0.326 e. The molecule has 0 aliphatic rings. The summed E-state index contributed by atoms with van der Waals surface area (Å²) in [5.41, 5.74) is -0.818. The van der Waals surface area contributed by atoms with Crippen LogP contribution in [0, 0.1) is 0 Å². The highest BCUT2D eigenvalue weighted by Crippen LogP contribution is 2.03. The van der Waals surface area contributed by atoms with Gasteiger partial charge < -0.3 is 10.4 Å². The summed E-state index contributed by atoms with van der Waals surface area (Å²) in [6.45, 7) is 1.78. The third-order valence-electron chi connectivity index (χ3n) is 3.66. The number of carbonyl (C=O) groups is 2. The number of carbonyl (C=O) groups excluding carboxylic acids is 1. The molecule has 8 heteroatoms. The number of aromatic nitrogens is 2. The normalized spacial score (nSPS) is 12.0. The number of fused-ring (bicyclic) bond motifs is 1. The third-order valence-corrected chi connectivity index (χ3v) is 3.66. The molecule has 0 aliphatic heterocycles. The van der Waals surface area contributed by atoms with Crippen molar-refractivity contribution in [3.05, 3.63) is 45.0 Å². The van der Waals surface area contributed by atoms with E-state index in [1.807, 2.05) is 6.92 Å². The van der Waals surface area contributed by atoms with Gasteiger partial charge in [-0.25, -0.2) is 9.48 Å². The average molecular weight is 333 g/mol. The van der Waals surface area contributed by atoms with Gasteiger partial charge in [-0.2, -0.15) is 0 Å². The molecule has 1 unspecified atom stereocenters. The number of hydrogen-bond donors (Lipinski definition) is 3. The first-order valence-corrected chi connectivity index (χ1v) is 7.68. The molecule has 0 saturated heterocycles. The van der Waals surface area contributed by atoms with E-state index in [2.05, 4.69) is 10.4 Å². The van der Waals surface area contributed by atoms with Gasteiger partial charge in [0.2, 0.25) is 5.91 Å². The van der Waals surface area contributed by atoms with Crippen molar-refractivity contribution in [2.24, 2.45) is 0 Å². The van der Waals surface area contributed by atoms with Crippen LogP contribution in [0.15, 0.2) is 33.9 Å². The first-order valence-electron chi connectivity index (χ1n) is 7.68. The van der Waals surface area contributed by atoms with E-state index >= 15 is 0 Å². The molecule has 0 bridgehead atoms. The van der Waals surface area contributed by atoms with Crippen molar-refractivity contribution in [1.82, 2.24) is 15.1 Å². The lowest BCUT2D eigenvalue weighted by Gasteiger charge is -2.13. The van der Waals surface area contributed by atoms with Crippen LogP contribution < -0.4 is 16.4 Å². The summed E-state index contributed by atoms with van der Waals surface area (Å²) in [4.78, 5) is 47.2. The number of H-pyrrole nitrogens is 1. The average Bonchev–Trinajstić information content (AvgIpc) is 2.56. The van der Waals surface area contributed by atoms with Gasteiger partial charge in [0.1, 0.15) is 6.04 Å². The molecule has 1 aromatic carbocycles. The summed E-state index contributed by atoms with van der Waals surface area (Å²) in [6, 6.07) is 5.46. The Morgan fingerprint density at radius 1 is 1.25 bits per heavy atom. The number of nitrogens with one attached hydrogen (secondary N) is 2. The first-order chi connectivity index (χ1) is 11.4. The van der Waals surface area contributed by atoms with Gasteiger partial charge in [-0.3, -0.25) is 19.5 Å². The number of hydrogen-bond acceptors (Lipinski definition) is 4. The van der Waals surface area contributed by atoms with Crippen LogP contribution in [0.1, 0.15) is 26.2 Å². The molecule has 0 saturated carbocycles. The van der Waals surface area contributed by atoms with Crippen LogP contribution >= 0.6 is 0 Å². The summed E-state index contributed by atoms with van der Waals surface area (Å²) in [6.07, 6.45) is 0.838. The number of carboxylic acids is 1. The van der Waals surface area contributed by atoms with E-state index in [4.69, 9.17) is 5.11 Å². The van der Waals surface area contributed by atoms with Crippen molar-refractivity contribution in [1.29, 1.82) is 0 Å². The minimum absolute atomic E-state index is 0.0385. The zero-order chi connectivity index (χ0) is 17.7. The molecule has 1 heterocycles. The van der Waals surface area contributed by atoms with E-state index < -0.39 is 29.0 Å². The Balaban J connectivity index is 2.12. The van der Waals surface area contributed by atoms with Gasteiger partial charge in [0, 0.05) is 6.42 Å². The van der Waals surface area contributed by atoms with E-state index in [9.17, 15) is 19.2 Å². The lowest BCUT2D eigenvalue weighted by molar-refractivity contribution is -0.142. The Bertz CT molecular complexity index is 868. The number of aromatic amines is 1. The third kappa shape index (κ3) is 3.89. The van der Waals surface area contributed by atoms with E-state index in [0.717, 1.165) is 4.68 Å². The van der Waals surface area contributed by atoms with Crippen LogP contribution in [0.3, 0.4) is 0 Å². The largest absolute Gasteiger partial charge is 0.480 e. The minimum Gasteiger partial charge on any atom is -0.480 e. The van der Waals surface area contributed by atoms with E-state index in [0.29, 0.717) is 12.8 Å². The summed E-state index contributed by atoms with van der Waals surface area (Å²) in [7, 11) is 0. The predicted molar refractivity (Wildman–Crippen MR) is 87.9 cm³/mol. The van der Waals surface area contributed by atoms with E-state index in [1.54, 1.807) is 24.3 Å². The molecule has 8 nitrogen and oxygen atoms in total. The molecule has 0 fully saturated rings. The molecule has 1 amide bonds. The van der Waals surface area contributed by atoms with Gasteiger partial charge in [-0.1, -0.05) is 25.5 Å². The molecule has 0 aliphatic carbocycles. The van der Waals surface area contributed by atoms with Crippen LogP contribution in [0.4, 0.5) is 0 Å². The number of benzene rings is 1. The molecule has 3 N–H and O–H groups in total. The van der Waals surface area contributed by atoms with Crippen molar-refractivity contribution >= 4 is 22.6 Å². The highest BCUT2D eigenvalue weighted by Gasteiger charge is 2.18. The number of rotatable bonds is 7. The Labute approximate surface area is 137 Å². The van der Waals surface area contributed by atoms with Gasteiger partial charge >= 0.3 is 5.97 Å². The fourth-order valence-corrected chi connectivity index (χ4v) is 2.43. The summed E-state index contributed by atoms with van der Waals surface area (Å²) < 4.78 is 1.07. The maximum absolute atomic E-state index is 12.3. The topological polar surface area (TPSA) is 121 Å². The summed E-state index contributed by atoms with van der Waals surface area (Å²) >= 11 is 0. The Kier molecular flexibility index (Phi) is 5.51.